The SMILES string of the molecule is CCO[C@H]1CCC2(CCN(C(=O)c3csnn3)CC2)c2ccccc21. The molecule has 0 unspecified atom stereocenters. The summed E-state index contributed by atoms with van der Waals surface area (Å²) in [4.78, 5) is 14.5. The number of amides is 1. The lowest BCUT2D eigenvalue weighted by Crippen LogP contribution is -2.47. The van der Waals surface area contributed by atoms with E-state index in [1.165, 1.54) is 22.7 Å². The summed E-state index contributed by atoms with van der Waals surface area (Å²) in [5.74, 6) is 0.0138. The average molecular weight is 357 g/mol. The Bertz CT molecular complexity index is 739. The van der Waals surface area contributed by atoms with Gasteiger partial charge in [-0.2, -0.15) is 0 Å². The Morgan fingerprint density at radius 2 is 2.12 bits per heavy atom. The lowest BCUT2D eigenvalue weighted by atomic mass is 9.64. The molecule has 1 amide bonds. The Balaban J connectivity index is 1.54. The molecule has 1 fully saturated rings. The lowest BCUT2D eigenvalue weighted by Gasteiger charge is -2.47. The molecule has 4 rings (SSSR count). The zero-order valence-corrected chi connectivity index (χ0v) is 15.3. The summed E-state index contributed by atoms with van der Waals surface area (Å²) in [6, 6.07) is 8.72. The number of rotatable bonds is 3. The Morgan fingerprint density at radius 3 is 2.84 bits per heavy atom. The fourth-order valence-corrected chi connectivity index (χ4v) is 4.84. The molecule has 2 heterocycles. The summed E-state index contributed by atoms with van der Waals surface area (Å²) >= 11 is 1.23. The van der Waals surface area contributed by atoms with Crippen LogP contribution >= 0.6 is 11.5 Å². The van der Waals surface area contributed by atoms with Crippen LogP contribution < -0.4 is 0 Å². The molecule has 1 atom stereocenters. The summed E-state index contributed by atoms with van der Waals surface area (Å²) in [5.41, 5.74) is 3.43. The van der Waals surface area contributed by atoms with Gasteiger partial charge in [-0.15, -0.1) is 5.10 Å². The highest BCUT2D eigenvalue weighted by Gasteiger charge is 2.42. The van der Waals surface area contributed by atoms with E-state index in [-0.39, 0.29) is 17.4 Å². The number of aromatic nitrogens is 2. The van der Waals surface area contributed by atoms with E-state index in [9.17, 15) is 4.79 Å². The van der Waals surface area contributed by atoms with Crippen LogP contribution in [0.15, 0.2) is 29.6 Å². The molecular formula is C19H23N3O2S. The van der Waals surface area contributed by atoms with Gasteiger partial charge in [-0.05, 0) is 60.7 Å². The summed E-state index contributed by atoms with van der Waals surface area (Å²) in [7, 11) is 0. The van der Waals surface area contributed by atoms with Crippen LogP contribution in [-0.2, 0) is 10.2 Å². The molecule has 1 spiro atoms. The minimum atomic E-state index is 0.0138. The molecule has 1 aromatic heterocycles. The first-order chi connectivity index (χ1) is 12.2. The highest BCUT2D eigenvalue weighted by atomic mass is 32.1. The van der Waals surface area contributed by atoms with E-state index in [0.717, 1.165) is 45.4 Å². The van der Waals surface area contributed by atoms with E-state index in [1.54, 1.807) is 5.38 Å². The third-order valence-electron chi connectivity index (χ3n) is 5.72. The number of nitrogens with zero attached hydrogens (tertiary/aromatic N) is 3. The van der Waals surface area contributed by atoms with Crippen LogP contribution in [-0.4, -0.2) is 40.1 Å². The van der Waals surface area contributed by atoms with E-state index in [4.69, 9.17) is 4.74 Å². The van der Waals surface area contributed by atoms with Gasteiger partial charge in [0, 0.05) is 25.1 Å². The topological polar surface area (TPSA) is 55.3 Å². The van der Waals surface area contributed by atoms with Gasteiger partial charge in [-0.3, -0.25) is 4.79 Å². The smallest absolute Gasteiger partial charge is 0.275 e. The van der Waals surface area contributed by atoms with Crippen LogP contribution in [0.1, 0.15) is 60.3 Å². The molecule has 0 saturated carbocycles. The molecule has 0 radical (unpaired) electrons. The predicted octanol–water partition coefficient (Wildman–Crippen LogP) is 3.58. The largest absolute Gasteiger partial charge is 0.374 e. The average Bonchev–Trinajstić information content (AvgIpc) is 3.19. The molecule has 2 aromatic rings. The van der Waals surface area contributed by atoms with Crippen molar-refractivity contribution >= 4 is 17.4 Å². The molecule has 6 heteroatoms. The highest BCUT2D eigenvalue weighted by Crippen LogP contribution is 2.48. The Morgan fingerprint density at radius 1 is 1.32 bits per heavy atom. The van der Waals surface area contributed by atoms with Crippen LogP contribution in [0.5, 0.6) is 0 Å². The van der Waals surface area contributed by atoms with Gasteiger partial charge in [0.1, 0.15) is 0 Å². The Labute approximate surface area is 152 Å². The molecule has 1 saturated heterocycles. The van der Waals surface area contributed by atoms with Crippen LogP contribution in [0, 0.1) is 0 Å². The van der Waals surface area contributed by atoms with E-state index < -0.39 is 0 Å². The van der Waals surface area contributed by atoms with Crippen molar-refractivity contribution in [3.05, 3.63) is 46.5 Å². The molecule has 1 aliphatic carbocycles. The van der Waals surface area contributed by atoms with Gasteiger partial charge in [-0.1, -0.05) is 28.8 Å². The molecule has 25 heavy (non-hydrogen) atoms. The maximum absolute atomic E-state index is 12.5. The minimum absolute atomic E-state index is 0.0138. The number of ether oxygens (including phenoxy) is 1. The third-order valence-corrected chi connectivity index (χ3v) is 6.22. The maximum atomic E-state index is 12.5. The van der Waals surface area contributed by atoms with E-state index >= 15 is 0 Å². The lowest BCUT2D eigenvalue weighted by molar-refractivity contribution is 0.0291. The van der Waals surface area contributed by atoms with Crippen LogP contribution in [0.4, 0.5) is 0 Å². The monoisotopic (exact) mass is 357 g/mol. The van der Waals surface area contributed by atoms with E-state index in [1.807, 2.05) is 4.90 Å². The van der Waals surface area contributed by atoms with Gasteiger partial charge in [0.15, 0.2) is 5.69 Å². The quantitative estimate of drug-likeness (QED) is 0.842. The second-order valence-electron chi connectivity index (χ2n) is 6.93. The normalized spacial score (nSPS) is 22.0. The molecule has 132 valence electrons. The number of carbonyl (C=O) groups excluding carboxylic acids is 1. The van der Waals surface area contributed by atoms with Gasteiger partial charge in [0.05, 0.1) is 6.10 Å². The fraction of sp³-hybridized carbons (Fsp3) is 0.526. The van der Waals surface area contributed by atoms with Crippen molar-refractivity contribution in [3.8, 4) is 0 Å². The predicted molar refractivity (Wildman–Crippen MR) is 96.8 cm³/mol. The van der Waals surface area contributed by atoms with Crippen molar-refractivity contribution in [2.75, 3.05) is 19.7 Å². The van der Waals surface area contributed by atoms with Crippen LogP contribution in [0.25, 0.3) is 0 Å². The maximum Gasteiger partial charge on any atom is 0.275 e. The number of likely N-dealkylation sites (tertiary alicyclic amines) is 1. The Hall–Kier alpha value is -1.79. The number of fused-ring (bicyclic) bond motifs is 2. The molecule has 1 aromatic carbocycles. The van der Waals surface area contributed by atoms with Crippen LogP contribution in [0.3, 0.4) is 0 Å². The molecule has 2 aliphatic rings. The molecule has 0 N–H and O–H groups in total. The standard InChI is InChI=1S/C19H23N3O2S/c1-2-24-17-7-8-19(15-6-4-3-5-14(15)17)9-11-22(12-10-19)18(23)16-13-25-21-20-16/h3-6,13,17H,2,7-12H2,1H3/t17-/m0/s1. The first-order valence-corrected chi connectivity index (χ1v) is 9.84. The fourth-order valence-electron chi connectivity index (χ4n) is 4.41. The highest BCUT2D eigenvalue weighted by molar-refractivity contribution is 7.03. The van der Waals surface area contributed by atoms with Gasteiger partial charge < -0.3 is 9.64 Å². The molecule has 1 aliphatic heterocycles. The van der Waals surface area contributed by atoms with Crippen LogP contribution in [0.2, 0.25) is 0 Å². The number of hydrogen-bond donors (Lipinski definition) is 0. The van der Waals surface area contributed by atoms with Crippen molar-refractivity contribution in [2.45, 2.75) is 44.1 Å². The third kappa shape index (κ3) is 2.98. The van der Waals surface area contributed by atoms with Gasteiger partial charge >= 0.3 is 0 Å². The Kier molecular flexibility index (Phi) is 4.56. The van der Waals surface area contributed by atoms with Gasteiger partial charge in [-0.25, -0.2) is 0 Å². The number of piperidine rings is 1. The minimum Gasteiger partial charge on any atom is -0.374 e. The summed E-state index contributed by atoms with van der Waals surface area (Å²) < 4.78 is 9.78. The van der Waals surface area contributed by atoms with E-state index in [2.05, 4.69) is 40.8 Å². The van der Waals surface area contributed by atoms with Gasteiger partial charge in [0.2, 0.25) is 0 Å². The van der Waals surface area contributed by atoms with Crippen molar-refractivity contribution in [3.63, 3.8) is 0 Å². The summed E-state index contributed by atoms with van der Waals surface area (Å²) in [5, 5.41) is 5.65. The number of benzene rings is 1. The van der Waals surface area contributed by atoms with Crippen molar-refractivity contribution in [1.29, 1.82) is 0 Å². The zero-order valence-electron chi connectivity index (χ0n) is 14.5. The summed E-state index contributed by atoms with van der Waals surface area (Å²) in [6.07, 6.45) is 4.43. The molecule has 5 nitrogen and oxygen atoms in total. The number of hydrogen-bond acceptors (Lipinski definition) is 5. The van der Waals surface area contributed by atoms with Gasteiger partial charge in [0.25, 0.3) is 5.91 Å². The molecular weight excluding hydrogens is 334 g/mol. The molecule has 0 bridgehead atoms. The van der Waals surface area contributed by atoms with E-state index in [0.29, 0.717) is 5.69 Å². The first kappa shape index (κ1) is 16.7. The van der Waals surface area contributed by atoms with Crippen molar-refractivity contribution < 1.29 is 9.53 Å². The first-order valence-electron chi connectivity index (χ1n) is 9.01. The second-order valence-corrected chi connectivity index (χ2v) is 7.54. The van der Waals surface area contributed by atoms with Crippen molar-refractivity contribution in [1.82, 2.24) is 14.5 Å². The summed E-state index contributed by atoms with van der Waals surface area (Å²) in [6.45, 7) is 4.37. The second kappa shape index (κ2) is 6.84. The zero-order chi connectivity index (χ0) is 17.3. The van der Waals surface area contributed by atoms with Crippen molar-refractivity contribution in [2.24, 2.45) is 0 Å². The number of carbonyl (C=O) groups is 1.